The SMILES string of the molecule is C.CC(C)CC1C(=O)NC(C2Cc3ccccc3C2)C(=O)N1C(C(=O)N1CCNCC1)c1ccc(F)cc1F. The van der Waals surface area contributed by atoms with Crippen LogP contribution in [0.25, 0.3) is 0 Å². The molecule has 2 saturated heterocycles. The van der Waals surface area contributed by atoms with E-state index in [-0.39, 0.29) is 30.7 Å². The molecule has 39 heavy (non-hydrogen) atoms. The summed E-state index contributed by atoms with van der Waals surface area (Å²) < 4.78 is 29.2. The van der Waals surface area contributed by atoms with Gasteiger partial charge in [0, 0.05) is 37.8 Å². The molecule has 5 rings (SSSR count). The third-order valence-electron chi connectivity index (χ3n) is 7.90. The van der Waals surface area contributed by atoms with Crippen molar-refractivity contribution >= 4 is 17.7 Å². The number of carbonyl (C=O) groups is 3. The van der Waals surface area contributed by atoms with E-state index in [0.29, 0.717) is 45.4 Å². The number of carbonyl (C=O) groups excluding carboxylic acids is 3. The summed E-state index contributed by atoms with van der Waals surface area (Å²) in [4.78, 5) is 44.9. The molecule has 2 N–H and O–H groups in total. The van der Waals surface area contributed by atoms with Crippen molar-refractivity contribution in [2.24, 2.45) is 11.8 Å². The van der Waals surface area contributed by atoms with Crippen LogP contribution in [0.5, 0.6) is 0 Å². The van der Waals surface area contributed by atoms with E-state index in [1.807, 2.05) is 38.1 Å². The summed E-state index contributed by atoms with van der Waals surface area (Å²) in [6.45, 7) is 5.78. The number of hydrogen-bond donors (Lipinski definition) is 2. The number of amides is 3. The number of piperazine rings is 2. The molecule has 0 spiro atoms. The van der Waals surface area contributed by atoms with E-state index in [1.54, 1.807) is 4.90 Å². The van der Waals surface area contributed by atoms with Crippen LogP contribution in [0.3, 0.4) is 0 Å². The van der Waals surface area contributed by atoms with E-state index in [2.05, 4.69) is 10.6 Å². The molecule has 1 aliphatic carbocycles. The second-order valence-electron chi connectivity index (χ2n) is 11.0. The van der Waals surface area contributed by atoms with Gasteiger partial charge in [-0.1, -0.05) is 51.6 Å². The van der Waals surface area contributed by atoms with Crippen LogP contribution in [0.2, 0.25) is 0 Å². The minimum Gasteiger partial charge on any atom is -0.342 e. The molecule has 7 nitrogen and oxygen atoms in total. The fraction of sp³-hybridized carbons (Fsp3) is 0.500. The average molecular weight is 541 g/mol. The van der Waals surface area contributed by atoms with Gasteiger partial charge >= 0.3 is 0 Å². The summed E-state index contributed by atoms with van der Waals surface area (Å²) in [5.41, 5.74) is 2.17. The first-order chi connectivity index (χ1) is 18.2. The van der Waals surface area contributed by atoms with Crippen molar-refractivity contribution in [3.8, 4) is 0 Å². The minimum absolute atomic E-state index is 0. The van der Waals surface area contributed by atoms with Gasteiger partial charge in [0.2, 0.25) is 17.7 Å². The van der Waals surface area contributed by atoms with Gasteiger partial charge in [-0.3, -0.25) is 14.4 Å². The van der Waals surface area contributed by atoms with Gasteiger partial charge in [-0.15, -0.1) is 0 Å². The molecule has 3 aliphatic rings. The molecule has 2 heterocycles. The topological polar surface area (TPSA) is 81.8 Å². The van der Waals surface area contributed by atoms with E-state index in [0.717, 1.165) is 23.3 Å². The van der Waals surface area contributed by atoms with Crippen LogP contribution in [0.1, 0.15) is 50.4 Å². The van der Waals surface area contributed by atoms with Crippen LogP contribution in [-0.2, 0) is 27.2 Å². The third kappa shape index (κ3) is 5.69. The smallest absolute Gasteiger partial charge is 0.250 e. The predicted octanol–water partition coefficient (Wildman–Crippen LogP) is 3.23. The Labute approximate surface area is 228 Å². The average Bonchev–Trinajstić information content (AvgIpc) is 3.33. The molecule has 2 fully saturated rings. The Balaban J connectivity index is 0.00000353. The zero-order chi connectivity index (χ0) is 27.0. The molecule has 2 aromatic carbocycles. The quantitative estimate of drug-likeness (QED) is 0.590. The second kappa shape index (κ2) is 11.8. The Bertz CT molecular complexity index is 1210. The van der Waals surface area contributed by atoms with Crippen LogP contribution >= 0.6 is 0 Å². The van der Waals surface area contributed by atoms with Crippen molar-refractivity contribution in [1.82, 2.24) is 20.4 Å². The molecule has 0 bridgehead atoms. The zero-order valence-corrected chi connectivity index (χ0v) is 21.8. The van der Waals surface area contributed by atoms with E-state index in [4.69, 9.17) is 0 Å². The lowest BCUT2D eigenvalue weighted by Gasteiger charge is -2.46. The highest BCUT2D eigenvalue weighted by Gasteiger charge is 2.50. The van der Waals surface area contributed by atoms with Crippen molar-refractivity contribution in [3.05, 3.63) is 70.8 Å². The summed E-state index contributed by atoms with van der Waals surface area (Å²) in [6.07, 6.45) is 1.55. The maximum Gasteiger partial charge on any atom is 0.250 e. The van der Waals surface area contributed by atoms with Crippen molar-refractivity contribution < 1.29 is 23.2 Å². The van der Waals surface area contributed by atoms with E-state index in [9.17, 15) is 18.8 Å². The van der Waals surface area contributed by atoms with Gasteiger partial charge in [0.05, 0.1) is 0 Å². The lowest BCUT2D eigenvalue weighted by molar-refractivity contribution is -0.160. The molecule has 3 atom stereocenters. The molecule has 3 unspecified atom stereocenters. The van der Waals surface area contributed by atoms with E-state index >= 15 is 4.39 Å². The highest BCUT2D eigenvalue weighted by Crippen LogP contribution is 2.36. The Morgan fingerprint density at radius 2 is 1.67 bits per heavy atom. The monoisotopic (exact) mass is 540 g/mol. The van der Waals surface area contributed by atoms with Crippen LogP contribution in [0.4, 0.5) is 8.78 Å². The fourth-order valence-electron chi connectivity index (χ4n) is 6.06. The van der Waals surface area contributed by atoms with Gasteiger partial charge in [-0.25, -0.2) is 8.78 Å². The number of rotatable bonds is 6. The number of nitrogens with zero attached hydrogens (tertiary/aromatic N) is 2. The highest BCUT2D eigenvalue weighted by atomic mass is 19.1. The fourth-order valence-corrected chi connectivity index (χ4v) is 6.06. The number of nitrogens with one attached hydrogen (secondary N) is 2. The molecular formula is C30H38F2N4O3. The Kier molecular flexibility index (Phi) is 8.69. The molecule has 2 aliphatic heterocycles. The van der Waals surface area contributed by atoms with Gasteiger partial charge in [0.1, 0.15) is 29.8 Å². The lowest BCUT2D eigenvalue weighted by atomic mass is 9.87. The standard InChI is InChI=1S/C29H34F2N4O3.CH4/c1-17(2)13-24-27(36)33-25(20-14-18-5-3-4-6-19(18)15-20)28(37)35(24)26(22-8-7-21(30)16-23(22)31)29(38)34-11-9-32-10-12-34;/h3-8,16-17,20,24-26,32H,9-15H2,1-2H3,(H,33,36);1H4. The summed E-state index contributed by atoms with van der Waals surface area (Å²) >= 11 is 0. The summed E-state index contributed by atoms with van der Waals surface area (Å²) in [7, 11) is 0. The molecule has 9 heteroatoms. The normalized spacial score (nSPS) is 22.4. The first kappa shape index (κ1) is 28.7. The van der Waals surface area contributed by atoms with E-state index < -0.39 is 41.6 Å². The van der Waals surface area contributed by atoms with Gasteiger partial charge in [-0.05, 0) is 48.3 Å². The highest BCUT2D eigenvalue weighted by molar-refractivity contribution is 6.00. The minimum atomic E-state index is -1.37. The van der Waals surface area contributed by atoms with Crippen molar-refractivity contribution in [3.63, 3.8) is 0 Å². The van der Waals surface area contributed by atoms with Crippen LogP contribution < -0.4 is 10.6 Å². The molecule has 0 radical (unpaired) electrons. The third-order valence-corrected chi connectivity index (χ3v) is 7.90. The van der Waals surface area contributed by atoms with Crippen molar-refractivity contribution in [2.75, 3.05) is 26.2 Å². The van der Waals surface area contributed by atoms with Crippen LogP contribution in [0, 0.1) is 23.5 Å². The summed E-state index contributed by atoms with van der Waals surface area (Å²) in [5.74, 6) is -3.04. The van der Waals surface area contributed by atoms with Crippen LogP contribution in [-0.4, -0.2) is 65.8 Å². The predicted molar refractivity (Wildman–Crippen MR) is 145 cm³/mol. The molecular weight excluding hydrogens is 502 g/mol. The zero-order valence-electron chi connectivity index (χ0n) is 21.8. The van der Waals surface area contributed by atoms with Crippen molar-refractivity contribution in [2.45, 2.75) is 58.7 Å². The molecule has 0 saturated carbocycles. The Morgan fingerprint density at radius 3 is 2.26 bits per heavy atom. The van der Waals surface area contributed by atoms with Gasteiger partial charge < -0.3 is 20.4 Å². The molecule has 210 valence electrons. The first-order valence-electron chi connectivity index (χ1n) is 13.4. The first-order valence-corrected chi connectivity index (χ1v) is 13.4. The van der Waals surface area contributed by atoms with Gasteiger partial charge in [0.25, 0.3) is 0 Å². The van der Waals surface area contributed by atoms with Gasteiger partial charge in [0.15, 0.2) is 0 Å². The van der Waals surface area contributed by atoms with Gasteiger partial charge in [-0.2, -0.15) is 0 Å². The maximum absolute atomic E-state index is 15.3. The second-order valence-corrected chi connectivity index (χ2v) is 11.0. The molecule has 0 aromatic heterocycles. The Hall–Kier alpha value is -3.33. The lowest BCUT2D eigenvalue weighted by Crippen LogP contribution is -2.67. The number of benzene rings is 2. The summed E-state index contributed by atoms with van der Waals surface area (Å²) in [6, 6.07) is 7.81. The largest absolute Gasteiger partial charge is 0.342 e. The number of halogens is 2. The molecule has 3 amide bonds. The maximum atomic E-state index is 15.3. The van der Waals surface area contributed by atoms with E-state index in [1.165, 1.54) is 11.0 Å². The van der Waals surface area contributed by atoms with Crippen LogP contribution in [0.15, 0.2) is 42.5 Å². The number of fused-ring (bicyclic) bond motifs is 1. The summed E-state index contributed by atoms with van der Waals surface area (Å²) in [5, 5.41) is 6.15. The van der Waals surface area contributed by atoms with Crippen molar-refractivity contribution in [1.29, 1.82) is 0 Å². The Morgan fingerprint density at radius 1 is 1.03 bits per heavy atom. The number of hydrogen-bond acceptors (Lipinski definition) is 4. The molecule has 2 aromatic rings.